The van der Waals surface area contributed by atoms with Gasteiger partial charge in [-0.15, -0.1) is 10.2 Å². The van der Waals surface area contributed by atoms with Crippen LogP contribution in [0.2, 0.25) is 0 Å². The molecule has 8 heteroatoms. The first kappa shape index (κ1) is 15.5. The first-order valence-corrected chi connectivity index (χ1v) is 9.19. The second kappa shape index (κ2) is 6.19. The summed E-state index contributed by atoms with van der Waals surface area (Å²) in [4.78, 5) is 11.3. The maximum Gasteiger partial charge on any atom is 0.261 e. The van der Waals surface area contributed by atoms with Gasteiger partial charge in [0.1, 0.15) is 18.0 Å². The van der Waals surface area contributed by atoms with Crippen LogP contribution in [0.25, 0.3) is 11.5 Å². The third-order valence-electron chi connectivity index (χ3n) is 5.25. The summed E-state index contributed by atoms with van der Waals surface area (Å²) in [5.74, 6) is 3.69. The fourth-order valence-electron chi connectivity index (χ4n) is 3.75. The molecule has 1 saturated heterocycles. The molecule has 0 N–H and O–H groups in total. The lowest BCUT2D eigenvalue weighted by Gasteiger charge is -2.33. The molecular weight excluding hydrogens is 330 g/mol. The van der Waals surface area contributed by atoms with Crippen molar-refractivity contribution in [1.82, 2.24) is 29.9 Å². The van der Waals surface area contributed by atoms with E-state index in [0.29, 0.717) is 23.7 Å². The Morgan fingerprint density at radius 3 is 2.73 bits per heavy atom. The van der Waals surface area contributed by atoms with E-state index >= 15 is 0 Å². The van der Waals surface area contributed by atoms with Crippen molar-refractivity contribution in [1.29, 1.82) is 0 Å². The fourth-order valence-corrected chi connectivity index (χ4v) is 3.75. The first-order chi connectivity index (χ1) is 12.8. The Kier molecular flexibility index (Phi) is 3.69. The van der Waals surface area contributed by atoms with Crippen molar-refractivity contribution >= 4 is 5.82 Å². The molecule has 0 aromatic carbocycles. The highest BCUT2D eigenvalue weighted by atomic mass is 16.5. The third kappa shape index (κ3) is 2.75. The number of aromatic nitrogens is 6. The van der Waals surface area contributed by atoms with Crippen molar-refractivity contribution in [3.05, 3.63) is 36.3 Å². The molecule has 0 amide bonds. The van der Waals surface area contributed by atoms with E-state index in [1.807, 2.05) is 31.6 Å². The van der Waals surface area contributed by atoms with E-state index in [4.69, 9.17) is 4.52 Å². The molecule has 0 spiro atoms. The minimum atomic E-state index is 0.465. The van der Waals surface area contributed by atoms with Gasteiger partial charge in [0.05, 0.1) is 5.56 Å². The molecule has 4 heterocycles. The molecular formula is C18H21N7O. The van der Waals surface area contributed by atoms with Crippen LogP contribution in [0.3, 0.4) is 0 Å². The molecule has 0 atom stereocenters. The summed E-state index contributed by atoms with van der Waals surface area (Å²) in [6.07, 6.45) is 8.32. The summed E-state index contributed by atoms with van der Waals surface area (Å²) in [5, 5.41) is 12.5. The first-order valence-electron chi connectivity index (χ1n) is 9.19. The number of rotatable bonds is 4. The summed E-state index contributed by atoms with van der Waals surface area (Å²) in [6.45, 7) is 3.68. The van der Waals surface area contributed by atoms with Crippen LogP contribution in [0.15, 0.2) is 29.2 Å². The zero-order chi connectivity index (χ0) is 17.5. The van der Waals surface area contributed by atoms with Crippen LogP contribution in [-0.4, -0.2) is 43.0 Å². The highest BCUT2D eigenvalue weighted by Crippen LogP contribution is 2.39. The lowest BCUT2D eigenvalue weighted by molar-refractivity contribution is 0.425. The molecule has 2 fully saturated rings. The molecule has 8 nitrogen and oxygen atoms in total. The third-order valence-corrected chi connectivity index (χ3v) is 5.25. The van der Waals surface area contributed by atoms with Crippen LogP contribution in [0.5, 0.6) is 0 Å². The number of nitrogens with zero attached hydrogens (tertiary/aromatic N) is 7. The molecule has 3 aromatic heterocycles. The normalized spacial score (nSPS) is 18.4. The number of pyridine rings is 1. The molecule has 1 aliphatic heterocycles. The van der Waals surface area contributed by atoms with Crippen LogP contribution >= 0.6 is 0 Å². The predicted molar refractivity (Wildman–Crippen MR) is 94.7 cm³/mol. The maximum atomic E-state index is 5.36. The molecule has 1 aliphatic carbocycles. The maximum absolute atomic E-state index is 5.36. The monoisotopic (exact) mass is 351 g/mol. The van der Waals surface area contributed by atoms with Gasteiger partial charge in [0.25, 0.3) is 5.89 Å². The average Bonchev–Trinajstić information content (AvgIpc) is 3.24. The second-order valence-electron chi connectivity index (χ2n) is 7.11. The Balaban J connectivity index is 1.35. The molecule has 26 heavy (non-hydrogen) atoms. The Labute approximate surface area is 151 Å². The van der Waals surface area contributed by atoms with E-state index in [9.17, 15) is 0 Å². The molecule has 134 valence electrons. The van der Waals surface area contributed by atoms with Crippen molar-refractivity contribution in [3.8, 4) is 11.5 Å². The molecule has 0 radical (unpaired) electrons. The Morgan fingerprint density at radius 2 is 2.00 bits per heavy atom. The predicted octanol–water partition coefficient (Wildman–Crippen LogP) is 2.75. The highest BCUT2D eigenvalue weighted by molar-refractivity contribution is 5.69. The van der Waals surface area contributed by atoms with Gasteiger partial charge >= 0.3 is 0 Å². The number of anilines is 1. The van der Waals surface area contributed by atoms with Crippen LogP contribution in [0.4, 0.5) is 5.82 Å². The van der Waals surface area contributed by atoms with E-state index in [0.717, 1.165) is 43.1 Å². The van der Waals surface area contributed by atoms with Crippen molar-refractivity contribution in [2.24, 2.45) is 0 Å². The topological polar surface area (TPSA) is 85.8 Å². The van der Waals surface area contributed by atoms with Gasteiger partial charge in [-0.05, 0) is 44.7 Å². The van der Waals surface area contributed by atoms with Gasteiger partial charge in [0.2, 0.25) is 0 Å². The van der Waals surface area contributed by atoms with Crippen LogP contribution in [0.1, 0.15) is 49.3 Å². The lowest BCUT2D eigenvalue weighted by atomic mass is 9.95. The van der Waals surface area contributed by atoms with E-state index in [1.165, 1.54) is 12.8 Å². The molecule has 2 aliphatic rings. The Morgan fingerprint density at radius 1 is 1.15 bits per heavy atom. The van der Waals surface area contributed by atoms with Gasteiger partial charge in [-0.2, -0.15) is 4.98 Å². The molecule has 0 bridgehead atoms. The SMILES string of the molecule is Cc1noc(-c2cccnc2N2CCC(c3nncn3C3CC3)CC2)n1. The standard InChI is InChI=1S/C18H21N7O/c1-12-21-18(26-23-12)15-3-2-8-19-17(15)24-9-6-13(7-10-24)16-22-20-11-25(16)14-4-5-14/h2-3,8,11,13-14H,4-7,9-10H2,1H3. The quantitative estimate of drug-likeness (QED) is 0.714. The second-order valence-corrected chi connectivity index (χ2v) is 7.11. The number of hydrogen-bond donors (Lipinski definition) is 0. The van der Waals surface area contributed by atoms with Crippen molar-refractivity contribution in [2.45, 2.75) is 44.6 Å². The van der Waals surface area contributed by atoms with Crippen molar-refractivity contribution in [3.63, 3.8) is 0 Å². The van der Waals surface area contributed by atoms with Crippen molar-refractivity contribution in [2.75, 3.05) is 18.0 Å². The van der Waals surface area contributed by atoms with Crippen LogP contribution in [-0.2, 0) is 0 Å². The Bertz CT molecular complexity index is 906. The van der Waals surface area contributed by atoms with Gasteiger partial charge in [-0.25, -0.2) is 4.98 Å². The van der Waals surface area contributed by atoms with Crippen LogP contribution < -0.4 is 4.90 Å². The summed E-state index contributed by atoms with van der Waals surface area (Å²) in [7, 11) is 0. The minimum Gasteiger partial charge on any atom is -0.356 e. The molecule has 1 saturated carbocycles. The minimum absolute atomic E-state index is 0.465. The number of piperidine rings is 1. The largest absolute Gasteiger partial charge is 0.356 e. The van der Waals surface area contributed by atoms with Gasteiger partial charge in [-0.1, -0.05) is 5.16 Å². The summed E-state index contributed by atoms with van der Waals surface area (Å²) >= 11 is 0. The fraction of sp³-hybridized carbons (Fsp3) is 0.500. The summed E-state index contributed by atoms with van der Waals surface area (Å²) in [6, 6.07) is 4.52. The lowest BCUT2D eigenvalue weighted by Crippen LogP contribution is -2.34. The van der Waals surface area contributed by atoms with Crippen molar-refractivity contribution < 1.29 is 4.52 Å². The van der Waals surface area contributed by atoms with E-state index < -0.39 is 0 Å². The van der Waals surface area contributed by atoms with Gasteiger partial charge in [0.15, 0.2) is 5.82 Å². The van der Waals surface area contributed by atoms with Gasteiger partial charge in [0, 0.05) is 31.2 Å². The number of hydrogen-bond acceptors (Lipinski definition) is 7. The Hall–Kier alpha value is -2.77. The molecule has 0 unspecified atom stereocenters. The van der Waals surface area contributed by atoms with E-state index in [-0.39, 0.29) is 0 Å². The van der Waals surface area contributed by atoms with E-state index in [1.54, 1.807) is 0 Å². The number of aryl methyl sites for hydroxylation is 1. The van der Waals surface area contributed by atoms with Crippen LogP contribution in [0, 0.1) is 6.92 Å². The average molecular weight is 351 g/mol. The summed E-state index contributed by atoms with van der Waals surface area (Å²) < 4.78 is 7.65. The highest BCUT2D eigenvalue weighted by Gasteiger charge is 2.31. The van der Waals surface area contributed by atoms with Gasteiger partial charge in [-0.3, -0.25) is 0 Å². The zero-order valence-electron chi connectivity index (χ0n) is 14.7. The molecule has 5 rings (SSSR count). The zero-order valence-corrected chi connectivity index (χ0v) is 14.7. The van der Waals surface area contributed by atoms with Gasteiger partial charge < -0.3 is 14.0 Å². The summed E-state index contributed by atoms with van der Waals surface area (Å²) in [5.41, 5.74) is 0.896. The van der Waals surface area contributed by atoms with E-state index in [2.05, 4.69) is 34.8 Å². The molecule has 3 aromatic rings. The smallest absolute Gasteiger partial charge is 0.261 e.